The molecule has 0 rings (SSSR count). The highest BCUT2D eigenvalue weighted by Crippen LogP contribution is 2.16. The van der Waals surface area contributed by atoms with Crippen LogP contribution in [0.5, 0.6) is 0 Å². The van der Waals surface area contributed by atoms with Crippen LogP contribution in [0.2, 0.25) is 0 Å². The first-order valence-corrected chi connectivity index (χ1v) is 19.5. The fraction of sp³-hybridized carbons (Fsp3) is 0.767. The average Bonchev–Trinajstić information content (AvgIpc) is 3.04. The minimum Gasteiger partial charge on any atom is -0.512 e. The molecule has 2 heteroatoms. The van der Waals surface area contributed by atoms with Gasteiger partial charge in [0.2, 0.25) is 0 Å². The highest BCUT2D eigenvalue weighted by molar-refractivity contribution is 5.06. The molecule has 0 amide bonds. The van der Waals surface area contributed by atoms with Gasteiger partial charge in [0.05, 0.1) is 6.42 Å². The molecule has 1 atom stereocenters. The summed E-state index contributed by atoms with van der Waals surface area (Å²) in [7, 11) is 0. The molecule has 0 spiro atoms. The fourth-order valence-corrected chi connectivity index (χ4v) is 5.96. The largest absolute Gasteiger partial charge is 0.512 e. The summed E-state index contributed by atoms with van der Waals surface area (Å²) >= 11 is 0. The highest BCUT2D eigenvalue weighted by atomic mass is 16.3. The van der Waals surface area contributed by atoms with Crippen LogP contribution in [0.4, 0.5) is 0 Å². The number of aliphatic hydroxyl groups excluding tert-OH is 2. The molecule has 0 unspecified atom stereocenters. The van der Waals surface area contributed by atoms with Gasteiger partial charge >= 0.3 is 0 Å². The maximum absolute atomic E-state index is 9.49. The van der Waals surface area contributed by atoms with Gasteiger partial charge in [0.25, 0.3) is 0 Å². The minimum absolute atomic E-state index is 0.358. The Morgan fingerprint density at radius 3 is 1.04 bits per heavy atom. The van der Waals surface area contributed by atoms with E-state index in [4.69, 9.17) is 12.8 Å². The van der Waals surface area contributed by atoms with E-state index in [9.17, 15) is 10.2 Å². The molecule has 2 nitrogen and oxygen atoms in total. The zero-order valence-corrected chi connectivity index (χ0v) is 29.6. The Bertz CT molecular complexity index is 762. The molecule has 0 aliphatic heterocycles. The lowest BCUT2D eigenvalue weighted by Gasteiger charge is -2.04. The van der Waals surface area contributed by atoms with Crippen molar-refractivity contribution in [2.45, 2.75) is 212 Å². The number of unbranched alkanes of at least 4 members (excludes halogenated alkanes) is 29. The van der Waals surface area contributed by atoms with E-state index in [0.29, 0.717) is 12.2 Å². The van der Waals surface area contributed by atoms with Gasteiger partial charge in [-0.3, -0.25) is 0 Å². The van der Waals surface area contributed by atoms with E-state index >= 15 is 0 Å². The molecule has 0 aromatic heterocycles. The van der Waals surface area contributed by atoms with Crippen molar-refractivity contribution >= 4 is 0 Å². The predicted molar refractivity (Wildman–Crippen MR) is 200 cm³/mol. The van der Waals surface area contributed by atoms with Gasteiger partial charge in [-0.15, -0.1) is 12.8 Å². The summed E-state index contributed by atoms with van der Waals surface area (Å²) in [5.41, 5.74) is 0. The van der Waals surface area contributed by atoms with E-state index in [1.165, 1.54) is 186 Å². The lowest BCUT2D eigenvalue weighted by molar-refractivity contribution is 0.280. The molecule has 0 aromatic carbocycles. The van der Waals surface area contributed by atoms with Gasteiger partial charge in [-0.2, -0.15) is 0 Å². The first-order valence-electron chi connectivity index (χ1n) is 19.5. The Morgan fingerprint density at radius 2 is 0.733 bits per heavy atom. The van der Waals surface area contributed by atoms with Crippen molar-refractivity contribution in [2.75, 3.05) is 0 Å². The van der Waals surface area contributed by atoms with Crippen molar-refractivity contribution in [3.8, 4) is 24.7 Å². The van der Waals surface area contributed by atoms with Crippen LogP contribution in [0.3, 0.4) is 0 Å². The van der Waals surface area contributed by atoms with Crippen molar-refractivity contribution in [1.29, 1.82) is 0 Å². The summed E-state index contributed by atoms with van der Waals surface area (Å²) in [6, 6.07) is 0. The lowest BCUT2D eigenvalue weighted by Crippen LogP contribution is -1.95. The smallest absolute Gasteiger partial charge is 0.133 e. The number of hydrogen-bond acceptors (Lipinski definition) is 2. The molecule has 2 N–H and O–H groups in total. The van der Waals surface area contributed by atoms with Crippen LogP contribution in [-0.4, -0.2) is 16.3 Å². The number of rotatable bonds is 35. The standard InChI is InChI=1S/C43H74O2/c1-3-39-43(45)41-38-36-34-32-30-28-26-24-22-20-18-16-14-12-10-8-6-5-7-9-11-13-15-17-19-21-23-25-27-29-31-33-35-37-40-42(44)4-2/h1-2,19,21,37,40-42,44-45H,5-18,20,22-36,38-39H2/b21-19+,40-37+,43-41+/t42-/m0/s1. The van der Waals surface area contributed by atoms with Crippen LogP contribution < -0.4 is 0 Å². The molecule has 45 heavy (non-hydrogen) atoms. The van der Waals surface area contributed by atoms with E-state index in [1.807, 2.05) is 12.2 Å². The molecule has 0 heterocycles. The van der Waals surface area contributed by atoms with Gasteiger partial charge in [0.1, 0.15) is 11.9 Å². The second-order valence-electron chi connectivity index (χ2n) is 13.3. The molecule has 0 fully saturated rings. The van der Waals surface area contributed by atoms with E-state index in [-0.39, 0.29) is 0 Å². The van der Waals surface area contributed by atoms with Crippen molar-refractivity contribution in [1.82, 2.24) is 0 Å². The zero-order chi connectivity index (χ0) is 32.7. The van der Waals surface area contributed by atoms with Gasteiger partial charge in [-0.05, 0) is 63.5 Å². The molecule has 0 bridgehead atoms. The number of allylic oxidation sites excluding steroid dienone is 5. The van der Waals surface area contributed by atoms with Gasteiger partial charge in [-0.1, -0.05) is 178 Å². The molecule has 0 saturated carbocycles. The summed E-state index contributed by atoms with van der Waals surface area (Å²) in [6.07, 6.45) is 62.1. The molecule has 0 saturated heterocycles. The molecule has 0 aliphatic carbocycles. The normalized spacial score (nSPS) is 12.6. The van der Waals surface area contributed by atoms with Gasteiger partial charge in [0, 0.05) is 0 Å². The van der Waals surface area contributed by atoms with Crippen LogP contribution in [-0.2, 0) is 0 Å². The monoisotopic (exact) mass is 623 g/mol. The zero-order valence-electron chi connectivity index (χ0n) is 29.6. The number of aliphatic hydroxyl groups is 2. The second-order valence-corrected chi connectivity index (χ2v) is 13.3. The van der Waals surface area contributed by atoms with Crippen LogP contribution >= 0.6 is 0 Å². The maximum atomic E-state index is 9.49. The van der Waals surface area contributed by atoms with Crippen LogP contribution in [0, 0.1) is 24.7 Å². The van der Waals surface area contributed by atoms with E-state index < -0.39 is 6.10 Å². The van der Waals surface area contributed by atoms with Crippen LogP contribution in [0.25, 0.3) is 0 Å². The summed E-state index contributed by atoms with van der Waals surface area (Å²) in [4.78, 5) is 0. The predicted octanol–water partition coefficient (Wildman–Crippen LogP) is 13.7. The quantitative estimate of drug-likeness (QED) is 0.0319. The van der Waals surface area contributed by atoms with E-state index in [2.05, 4.69) is 24.0 Å². The SMILES string of the molecule is C#CC/C(O)=C\CCCCCCCCCCCCCCCCCCCCCCCC/C=C/CCCCCCC/C=C/[C@@H](O)C#C. The van der Waals surface area contributed by atoms with Gasteiger partial charge in [-0.25, -0.2) is 0 Å². The lowest BCUT2D eigenvalue weighted by atomic mass is 10.0. The maximum Gasteiger partial charge on any atom is 0.133 e. The Hall–Kier alpha value is -1.90. The highest BCUT2D eigenvalue weighted by Gasteiger charge is 1.97. The molecular weight excluding hydrogens is 548 g/mol. The Balaban J connectivity index is 3.15. The van der Waals surface area contributed by atoms with Gasteiger partial charge in [0.15, 0.2) is 0 Å². The Morgan fingerprint density at radius 1 is 0.444 bits per heavy atom. The third-order valence-electron chi connectivity index (χ3n) is 8.89. The van der Waals surface area contributed by atoms with Crippen molar-refractivity contribution in [2.24, 2.45) is 0 Å². The van der Waals surface area contributed by atoms with E-state index in [0.717, 1.165) is 12.8 Å². The fourth-order valence-electron chi connectivity index (χ4n) is 5.96. The number of hydrogen-bond donors (Lipinski definition) is 2. The van der Waals surface area contributed by atoms with Crippen LogP contribution in [0.15, 0.2) is 36.1 Å². The third-order valence-corrected chi connectivity index (χ3v) is 8.89. The Labute approximate surface area is 282 Å². The van der Waals surface area contributed by atoms with Gasteiger partial charge < -0.3 is 10.2 Å². The van der Waals surface area contributed by atoms with Crippen molar-refractivity contribution < 1.29 is 10.2 Å². The summed E-state index contributed by atoms with van der Waals surface area (Å²) in [6.45, 7) is 0. The third kappa shape index (κ3) is 38.2. The van der Waals surface area contributed by atoms with Crippen LogP contribution in [0.1, 0.15) is 205 Å². The second kappa shape index (κ2) is 38.3. The minimum atomic E-state index is -0.719. The van der Waals surface area contributed by atoms with Crippen molar-refractivity contribution in [3.63, 3.8) is 0 Å². The first-order chi connectivity index (χ1) is 22.2. The summed E-state index contributed by atoms with van der Waals surface area (Å²) in [5.74, 6) is 5.13. The topological polar surface area (TPSA) is 40.5 Å². The molecule has 0 aromatic rings. The molecular formula is C43H74O2. The summed E-state index contributed by atoms with van der Waals surface area (Å²) < 4.78 is 0. The first kappa shape index (κ1) is 43.1. The summed E-state index contributed by atoms with van der Waals surface area (Å²) in [5, 5.41) is 18.7. The van der Waals surface area contributed by atoms with E-state index in [1.54, 1.807) is 6.08 Å². The molecule has 0 aliphatic rings. The average molecular weight is 623 g/mol. The Kier molecular flexibility index (Phi) is 36.7. The molecule has 258 valence electrons. The van der Waals surface area contributed by atoms with Crippen molar-refractivity contribution in [3.05, 3.63) is 36.1 Å². The molecule has 0 radical (unpaired) electrons. The number of terminal acetylenes is 2.